The van der Waals surface area contributed by atoms with E-state index in [4.69, 9.17) is 16.3 Å². The second-order valence-corrected chi connectivity index (χ2v) is 4.36. The van der Waals surface area contributed by atoms with Crippen molar-refractivity contribution in [2.45, 2.75) is 18.2 Å². The zero-order valence-corrected chi connectivity index (χ0v) is 9.57. The van der Waals surface area contributed by atoms with Gasteiger partial charge < -0.3 is 9.64 Å². The summed E-state index contributed by atoms with van der Waals surface area (Å²) in [6, 6.07) is 3.91. The standard InChI is InChI=1S/C11H15ClN2O/c1-15-10-4-5-11(13-7-10)14-6-2-3-9(12)8-14/h4-5,7,9H,2-3,6,8H2,1H3. The van der Waals surface area contributed by atoms with Crippen molar-refractivity contribution in [3.63, 3.8) is 0 Å². The highest BCUT2D eigenvalue weighted by Crippen LogP contribution is 2.21. The lowest BCUT2D eigenvalue weighted by Crippen LogP contribution is -2.36. The van der Waals surface area contributed by atoms with Crippen LogP contribution in [0.3, 0.4) is 0 Å². The Morgan fingerprint density at radius 1 is 1.53 bits per heavy atom. The minimum absolute atomic E-state index is 0.252. The summed E-state index contributed by atoms with van der Waals surface area (Å²) in [5.41, 5.74) is 0. The van der Waals surface area contributed by atoms with Crippen LogP contribution in [0.1, 0.15) is 12.8 Å². The average Bonchev–Trinajstić information content (AvgIpc) is 2.29. The van der Waals surface area contributed by atoms with Crippen LogP contribution >= 0.6 is 11.6 Å². The summed E-state index contributed by atoms with van der Waals surface area (Å²) in [7, 11) is 1.65. The first-order valence-corrected chi connectivity index (χ1v) is 5.62. The number of aromatic nitrogens is 1. The summed E-state index contributed by atoms with van der Waals surface area (Å²) in [6.45, 7) is 1.93. The molecular weight excluding hydrogens is 212 g/mol. The molecule has 0 spiro atoms. The lowest BCUT2D eigenvalue weighted by molar-refractivity contribution is 0.413. The molecule has 2 heterocycles. The molecule has 0 radical (unpaired) electrons. The highest BCUT2D eigenvalue weighted by atomic mass is 35.5. The van der Waals surface area contributed by atoms with Crippen molar-refractivity contribution in [2.24, 2.45) is 0 Å². The van der Waals surface area contributed by atoms with Crippen molar-refractivity contribution >= 4 is 17.4 Å². The van der Waals surface area contributed by atoms with E-state index in [2.05, 4.69) is 9.88 Å². The maximum absolute atomic E-state index is 6.13. The highest BCUT2D eigenvalue weighted by molar-refractivity contribution is 6.21. The van der Waals surface area contributed by atoms with Crippen LogP contribution in [0, 0.1) is 0 Å². The summed E-state index contributed by atoms with van der Waals surface area (Å²) in [5, 5.41) is 0.252. The van der Waals surface area contributed by atoms with E-state index in [1.165, 1.54) is 0 Å². The highest BCUT2D eigenvalue weighted by Gasteiger charge is 2.18. The fraction of sp³-hybridized carbons (Fsp3) is 0.545. The maximum atomic E-state index is 6.13. The smallest absolute Gasteiger partial charge is 0.137 e. The largest absolute Gasteiger partial charge is 0.495 e. The van der Waals surface area contributed by atoms with Crippen LogP contribution in [0.2, 0.25) is 0 Å². The van der Waals surface area contributed by atoms with E-state index >= 15 is 0 Å². The Labute approximate surface area is 95.0 Å². The van der Waals surface area contributed by atoms with Crippen molar-refractivity contribution in [3.8, 4) is 5.75 Å². The number of hydrogen-bond donors (Lipinski definition) is 0. The SMILES string of the molecule is COc1ccc(N2CCCC(Cl)C2)nc1. The van der Waals surface area contributed by atoms with E-state index in [-0.39, 0.29) is 5.38 Å². The summed E-state index contributed by atoms with van der Waals surface area (Å²) in [5.74, 6) is 1.78. The predicted molar refractivity (Wildman–Crippen MR) is 61.9 cm³/mol. The maximum Gasteiger partial charge on any atom is 0.137 e. The van der Waals surface area contributed by atoms with Gasteiger partial charge in [0.15, 0.2) is 0 Å². The van der Waals surface area contributed by atoms with Gasteiger partial charge in [-0.3, -0.25) is 0 Å². The zero-order chi connectivity index (χ0) is 10.7. The molecule has 1 unspecified atom stereocenters. The van der Waals surface area contributed by atoms with E-state index in [1.54, 1.807) is 13.3 Å². The molecule has 1 saturated heterocycles. The molecule has 15 heavy (non-hydrogen) atoms. The Morgan fingerprint density at radius 3 is 3.00 bits per heavy atom. The molecule has 82 valence electrons. The van der Waals surface area contributed by atoms with Crippen LogP contribution in [0.5, 0.6) is 5.75 Å². The summed E-state index contributed by atoms with van der Waals surface area (Å²) >= 11 is 6.13. The number of methoxy groups -OCH3 is 1. The lowest BCUT2D eigenvalue weighted by Gasteiger charge is -2.30. The summed E-state index contributed by atoms with van der Waals surface area (Å²) in [6.07, 6.45) is 3.99. The van der Waals surface area contributed by atoms with Gasteiger partial charge in [-0.1, -0.05) is 0 Å². The van der Waals surface area contributed by atoms with Gasteiger partial charge in [0.25, 0.3) is 0 Å². The quantitative estimate of drug-likeness (QED) is 0.724. The fourth-order valence-corrected chi connectivity index (χ4v) is 2.13. The molecule has 1 aromatic heterocycles. The molecule has 0 aliphatic carbocycles. The zero-order valence-electron chi connectivity index (χ0n) is 8.82. The van der Waals surface area contributed by atoms with Crippen molar-refractivity contribution in [1.29, 1.82) is 0 Å². The number of piperidine rings is 1. The van der Waals surface area contributed by atoms with Crippen LogP contribution in [0.4, 0.5) is 5.82 Å². The number of anilines is 1. The predicted octanol–water partition coefficient (Wildman–Crippen LogP) is 2.30. The van der Waals surface area contributed by atoms with Crippen LogP contribution in [-0.4, -0.2) is 30.6 Å². The van der Waals surface area contributed by atoms with Crippen LogP contribution in [-0.2, 0) is 0 Å². The first kappa shape index (κ1) is 10.6. The fourth-order valence-electron chi connectivity index (χ4n) is 1.81. The molecule has 1 aliphatic rings. The second-order valence-electron chi connectivity index (χ2n) is 3.74. The minimum atomic E-state index is 0.252. The second kappa shape index (κ2) is 4.71. The number of nitrogens with zero attached hydrogens (tertiary/aromatic N) is 2. The van der Waals surface area contributed by atoms with E-state index in [9.17, 15) is 0 Å². The Morgan fingerprint density at radius 2 is 2.40 bits per heavy atom. The molecule has 1 fully saturated rings. The Balaban J connectivity index is 2.07. The van der Waals surface area contributed by atoms with Crippen molar-refractivity contribution in [3.05, 3.63) is 18.3 Å². The Bertz CT molecular complexity index is 315. The molecule has 2 rings (SSSR count). The van der Waals surface area contributed by atoms with Gasteiger partial charge in [-0.15, -0.1) is 11.6 Å². The summed E-state index contributed by atoms with van der Waals surface area (Å²) in [4.78, 5) is 6.57. The van der Waals surface area contributed by atoms with E-state index in [0.717, 1.165) is 37.5 Å². The molecule has 0 amide bonds. The van der Waals surface area contributed by atoms with Crippen LogP contribution in [0.25, 0.3) is 0 Å². The molecule has 1 aliphatic heterocycles. The Kier molecular flexibility index (Phi) is 3.31. The van der Waals surface area contributed by atoms with Gasteiger partial charge in [0.1, 0.15) is 11.6 Å². The van der Waals surface area contributed by atoms with Crippen LogP contribution in [0.15, 0.2) is 18.3 Å². The number of alkyl halides is 1. The van der Waals surface area contributed by atoms with E-state index in [1.807, 2.05) is 12.1 Å². The molecule has 3 nitrogen and oxygen atoms in total. The van der Waals surface area contributed by atoms with Gasteiger partial charge in [-0.05, 0) is 25.0 Å². The molecule has 0 saturated carbocycles. The van der Waals surface area contributed by atoms with Gasteiger partial charge in [0.05, 0.1) is 18.7 Å². The van der Waals surface area contributed by atoms with Gasteiger partial charge in [-0.25, -0.2) is 4.98 Å². The first-order chi connectivity index (χ1) is 7.29. The molecule has 0 bridgehead atoms. The molecule has 0 aromatic carbocycles. The van der Waals surface area contributed by atoms with Crippen molar-refractivity contribution in [2.75, 3.05) is 25.1 Å². The summed E-state index contributed by atoms with van der Waals surface area (Å²) < 4.78 is 5.07. The minimum Gasteiger partial charge on any atom is -0.495 e. The van der Waals surface area contributed by atoms with Gasteiger partial charge in [0.2, 0.25) is 0 Å². The van der Waals surface area contributed by atoms with E-state index in [0.29, 0.717) is 0 Å². The molecule has 1 atom stereocenters. The topological polar surface area (TPSA) is 25.4 Å². The lowest BCUT2D eigenvalue weighted by atomic mass is 10.1. The number of hydrogen-bond acceptors (Lipinski definition) is 3. The Hall–Kier alpha value is -0.960. The third-order valence-electron chi connectivity index (χ3n) is 2.64. The first-order valence-electron chi connectivity index (χ1n) is 5.18. The third kappa shape index (κ3) is 2.53. The number of rotatable bonds is 2. The number of ether oxygens (including phenoxy) is 1. The number of pyridine rings is 1. The molecular formula is C11H15ClN2O. The normalized spacial score (nSPS) is 21.5. The molecule has 1 aromatic rings. The molecule has 0 N–H and O–H groups in total. The average molecular weight is 227 g/mol. The van der Waals surface area contributed by atoms with Crippen molar-refractivity contribution in [1.82, 2.24) is 4.98 Å². The van der Waals surface area contributed by atoms with Crippen molar-refractivity contribution < 1.29 is 4.74 Å². The van der Waals surface area contributed by atoms with Gasteiger partial charge >= 0.3 is 0 Å². The van der Waals surface area contributed by atoms with E-state index < -0.39 is 0 Å². The number of halogens is 1. The van der Waals surface area contributed by atoms with Gasteiger partial charge in [-0.2, -0.15) is 0 Å². The molecule has 4 heteroatoms. The van der Waals surface area contributed by atoms with Gasteiger partial charge in [0, 0.05) is 13.1 Å². The monoisotopic (exact) mass is 226 g/mol. The third-order valence-corrected chi connectivity index (χ3v) is 3.00. The van der Waals surface area contributed by atoms with Crippen LogP contribution < -0.4 is 9.64 Å².